The molecule has 1 aliphatic rings. The summed E-state index contributed by atoms with van der Waals surface area (Å²) >= 11 is 1.47. The van der Waals surface area contributed by atoms with E-state index in [-0.39, 0.29) is 12.1 Å². The van der Waals surface area contributed by atoms with E-state index >= 15 is 0 Å². The molecule has 0 saturated heterocycles. The van der Waals surface area contributed by atoms with Gasteiger partial charge in [0.05, 0.1) is 5.01 Å². The molecule has 1 aromatic rings. The fourth-order valence-electron chi connectivity index (χ4n) is 1.35. The van der Waals surface area contributed by atoms with Gasteiger partial charge in [-0.3, -0.25) is 0 Å². The summed E-state index contributed by atoms with van der Waals surface area (Å²) < 4.78 is 5.28. The van der Waals surface area contributed by atoms with Gasteiger partial charge in [-0.25, -0.2) is 9.78 Å². The average molecular weight is 211 g/mol. The van der Waals surface area contributed by atoms with Gasteiger partial charge >= 0.3 is 5.97 Å². The number of carbonyl (C=O) groups excluding carboxylic acids is 1. The van der Waals surface area contributed by atoms with Crippen LogP contribution in [0.3, 0.4) is 0 Å². The lowest BCUT2D eigenvalue weighted by Crippen LogP contribution is -2.17. The zero-order valence-corrected chi connectivity index (χ0v) is 9.13. The van der Waals surface area contributed by atoms with Gasteiger partial charge in [0.15, 0.2) is 5.69 Å². The first-order valence-corrected chi connectivity index (χ1v) is 5.68. The van der Waals surface area contributed by atoms with Crippen molar-refractivity contribution in [3.63, 3.8) is 0 Å². The summed E-state index contributed by atoms with van der Waals surface area (Å²) in [5.74, 6) is 0.299. The summed E-state index contributed by atoms with van der Waals surface area (Å²) in [6.07, 6.45) is 2.42. The molecule has 3 nitrogen and oxygen atoms in total. The maximum atomic E-state index is 11.5. The van der Waals surface area contributed by atoms with Crippen LogP contribution in [-0.2, 0) is 4.74 Å². The van der Waals surface area contributed by atoms with Crippen molar-refractivity contribution in [1.29, 1.82) is 0 Å². The summed E-state index contributed by atoms with van der Waals surface area (Å²) in [4.78, 5) is 15.6. The Morgan fingerprint density at radius 3 is 2.93 bits per heavy atom. The van der Waals surface area contributed by atoms with Crippen LogP contribution in [0, 0.1) is 12.8 Å². The molecule has 1 aliphatic carbocycles. The Bertz CT molecular complexity index is 344. The molecule has 0 radical (unpaired) electrons. The third-order valence-electron chi connectivity index (χ3n) is 2.41. The van der Waals surface area contributed by atoms with Crippen LogP contribution in [0.15, 0.2) is 5.38 Å². The number of rotatable bonds is 3. The molecule has 0 unspecified atom stereocenters. The van der Waals surface area contributed by atoms with Gasteiger partial charge < -0.3 is 4.74 Å². The number of aryl methyl sites for hydroxylation is 1. The Hall–Kier alpha value is -0.900. The molecule has 0 aliphatic heterocycles. The number of hydrogen-bond donors (Lipinski definition) is 0. The molecule has 0 bridgehead atoms. The topological polar surface area (TPSA) is 39.2 Å². The van der Waals surface area contributed by atoms with E-state index < -0.39 is 0 Å². The smallest absolute Gasteiger partial charge is 0.358 e. The van der Waals surface area contributed by atoms with Crippen LogP contribution >= 0.6 is 11.3 Å². The number of esters is 1. The van der Waals surface area contributed by atoms with Crippen molar-refractivity contribution in [2.75, 3.05) is 0 Å². The van der Waals surface area contributed by atoms with E-state index in [1.807, 2.05) is 13.8 Å². The molecule has 1 heterocycles. The van der Waals surface area contributed by atoms with Crippen molar-refractivity contribution in [1.82, 2.24) is 4.98 Å². The number of nitrogens with zero attached hydrogens (tertiary/aromatic N) is 1. The van der Waals surface area contributed by atoms with Crippen LogP contribution < -0.4 is 0 Å². The highest BCUT2D eigenvalue weighted by Crippen LogP contribution is 2.34. The fourth-order valence-corrected chi connectivity index (χ4v) is 1.93. The standard InChI is InChI=1S/C10H13NO2S/c1-6(8-3-4-8)13-10(12)9-5-14-7(2)11-9/h5-6,8H,3-4H2,1-2H3/t6-/m1/s1. The largest absolute Gasteiger partial charge is 0.458 e. The van der Waals surface area contributed by atoms with Gasteiger partial charge in [0.1, 0.15) is 6.10 Å². The Morgan fingerprint density at radius 2 is 2.43 bits per heavy atom. The second kappa shape index (κ2) is 3.69. The zero-order valence-electron chi connectivity index (χ0n) is 8.32. The fraction of sp³-hybridized carbons (Fsp3) is 0.600. The van der Waals surface area contributed by atoms with E-state index in [0.717, 1.165) is 5.01 Å². The minimum absolute atomic E-state index is 0.0458. The van der Waals surface area contributed by atoms with Crippen LogP contribution in [-0.4, -0.2) is 17.1 Å². The monoisotopic (exact) mass is 211 g/mol. The molecule has 4 heteroatoms. The molecule has 1 saturated carbocycles. The van der Waals surface area contributed by atoms with E-state index in [2.05, 4.69) is 4.98 Å². The zero-order chi connectivity index (χ0) is 10.1. The molecule has 0 spiro atoms. The van der Waals surface area contributed by atoms with Crippen molar-refractivity contribution in [3.05, 3.63) is 16.1 Å². The van der Waals surface area contributed by atoms with Gasteiger partial charge in [0.2, 0.25) is 0 Å². The summed E-state index contributed by atoms with van der Waals surface area (Å²) in [5.41, 5.74) is 0.444. The number of hydrogen-bond acceptors (Lipinski definition) is 4. The van der Waals surface area contributed by atoms with Gasteiger partial charge in [0.25, 0.3) is 0 Å². The highest BCUT2D eigenvalue weighted by atomic mass is 32.1. The summed E-state index contributed by atoms with van der Waals surface area (Å²) in [6.45, 7) is 3.83. The maximum absolute atomic E-state index is 11.5. The minimum Gasteiger partial charge on any atom is -0.458 e. The van der Waals surface area contributed by atoms with E-state index in [0.29, 0.717) is 11.6 Å². The predicted octanol–water partition coefficient (Wildman–Crippen LogP) is 2.41. The maximum Gasteiger partial charge on any atom is 0.358 e. The summed E-state index contributed by atoms with van der Waals surface area (Å²) in [6, 6.07) is 0. The second-order valence-corrected chi connectivity index (χ2v) is 4.76. The van der Waals surface area contributed by atoms with Crippen LogP contribution in [0.2, 0.25) is 0 Å². The quantitative estimate of drug-likeness (QED) is 0.721. The molecule has 0 N–H and O–H groups in total. The number of ether oxygens (including phenoxy) is 1. The van der Waals surface area contributed by atoms with Crippen molar-refractivity contribution in [2.45, 2.75) is 32.8 Å². The van der Waals surface area contributed by atoms with Crippen LogP contribution in [0.25, 0.3) is 0 Å². The van der Waals surface area contributed by atoms with Gasteiger partial charge in [-0.05, 0) is 32.6 Å². The first-order chi connectivity index (χ1) is 6.66. The molecular weight excluding hydrogens is 198 g/mol. The van der Waals surface area contributed by atoms with E-state index in [1.54, 1.807) is 5.38 Å². The Balaban J connectivity index is 1.94. The Morgan fingerprint density at radius 1 is 1.71 bits per heavy atom. The Labute approximate surface area is 87.1 Å². The molecule has 1 atom stereocenters. The predicted molar refractivity (Wildman–Crippen MR) is 54.5 cm³/mol. The number of aromatic nitrogens is 1. The SMILES string of the molecule is Cc1nc(C(=O)O[C@H](C)C2CC2)cs1. The first kappa shape index (κ1) is 9.65. The van der Waals surface area contributed by atoms with Gasteiger partial charge in [-0.2, -0.15) is 0 Å². The molecule has 1 fully saturated rings. The van der Waals surface area contributed by atoms with Crippen molar-refractivity contribution >= 4 is 17.3 Å². The normalized spacial score (nSPS) is 17.9. The van der Waals surface area contributed by atoms with Crippen LogP contribution in [0.1, 0.15) is 35.3 Å². The molecule has 0 amide bonds. The van der Waals surface area contributed by atoms with Crippen LogP contribution in [0.5, 0.6) is 0 Å². The van der Waals surface area contributed by atoms with Crippen molar-refractivity contribution in [2.24, 2.45) is 5.92 Å². The van der Waals surface area contributed by atoms with E-state index in [1.165, 1.54) is 24.2 Å². The second-order valence-electron chi connectivity index (χ2n) is 3.70. The minimum atomic E-state index is -0.284. The third-order valence-corrected chi connectivity index (χ3v) is 3.18. The molecular formula is C10H13NO2S. The van der Waals surface area contributed by atoms with Gasteiger partial charge in [-0.1, -0.05) is 0 Å². The number of carbonyl (C=O) groups is 1. The number of thiazole rings is 1. The van der Waals surface area contributed by atoms with Crippen LogP contribution in [0.4, 0.5) is 0 Å². The lowest BCUT2D eigenvalue weighted by atomic mass is 10.3. The molecule has 2 rings (SSSR count). The van der Waals surface area contributed by atoms with Gasteiger partial charge in [-0.15, -0.1) is 11.3 Å². The van der Waals surface area contributed by atoms with E-state index in [9.17, 15) is 4.79 Å². The molecule has 14 heavy (non-hydrogen) atoms. The van der Waals surface area contributed by atoms with Crippen molar-refractivity contribution < 1.29 is 9.53 Å². The first-order valence-electron chi connectivity index (χ1n) is 4.80. The van der Waals surface area contributed by atoms with E-state index in [4.69, 9.17) is 4.74 Å². The molecule has 76 valence electrons. The summed E-state index contributed by atoms with van der Waals surface area (Å²) in [7, 11) is 0. The summed E-state index contributed by atoms with van der Waals surface area (Å²) in [5, 5.41) is 2.65. The molecule has 0 aromatic carbocycles. The highest BCUT2D eigenvalue weighted by Gasteiger charge is 2.31. The lowest BCUT2D eigenvalue weighted by molar-refractivity contribution is 0.0288. The lowest BCUT2D eigenvalue weighted by Gasteiger charge is -2.10. The average Bonchev–Trinajstić information content (AvgIpc) is 2.89. The van der Waals surface area contributed by atoms with Crippen molar-refractivity contribution in [3.8, 4) is 0 Å². The van der Waals surface area contributed by atoms with Gasteiger partial charge in [0, 0.05) is 5.38 Å². The third kappa shape index (κ3) is 2.12. The highest BCUT2D eigenvalue weighted by molar-refractivity contribution is 7.09. The molecule has 1 aromatic heterocycles. The Kier molecular flexibility index (Phi) is 2.54.